The Kier molecular flexibility index (Phi) is 5.59. The molecule has 0 aromatic rings. The second-order valence-corrected chi connectivity index (χ2v) is 6.73. The molecular formula is C9H21ClN2OS. The molecule has 0 saturated carbocycles. The third kappa shape index (κ3) is 3.85. The van der Waals surface area contributed by atoms with Gasteiger partial charge in [0.05, 0.1) is 4.75 Å². The molecule has 1 aliphatic rings. The molecule has 2 unspecified atom stereocenters. The van der Waals surface area contributed by atoms with Gasteiger partial charge in [-0.3, -0.25) is 9.11 Å². The van der Waals surface area contributed by atoms with Crippen LogP contribution in [0.5, 0.6) is 0 Å². The van der Waals surface area contributed by atoms with E-state index in [0.29, 0.717) is 0 Å². The molecule has 1 rings (SSSR count). The lowest BCUT2D eigenvalue weighted by molar-refractivity contribution is 0.244. The summed E-state index contributed by atoms with van der Waals surface area (Å²) in [5, 5.41) is 0. The van der Waals surface area contributed by atoms with Gasteiger partial charge in [0.15, 0.2) is 0 Å². The molecule has 1 aliphatic heterocycles. The van der Waals surface area contributed by atoms with E-state index in [2.05, 4.69) is 18.7 Å². The molecule has 86 valence electrons. The molecule has 3 nitrogen and oxygen atoms in total. The van der Waals surface area contributed by atoms with Gasteiger partial charge in [0.2, 0.25) is 0 Å². The second kappa shape index (κ2) is 5.45. The van der Waals surface area contributed by atoms with Crippen molar-refractivity contribution in [1.29, 1.82) is 0 Å². The number of nitrogens with two attached hydrogens (primary N) is 1. The Balaban J connectivity index is 0.00000169. The van der Waals surface area contributed by atoms with Crippen molar-refractivity contribution in [3.8, 4) is 0 Å². The first-order valence-electron chi connectivity index (χ1n) is 4.78. The van der Waals surface area contributed by atoms with Gasteiger partial charge >= 0.3 is 0 Å². The summed E-state index contributed by atoms with van der Waals surface area (Å²) in [6, 6.07) is 0.210. The Morgan fingerprint density at radius 2 is 2.14 bits per heavy atom. The SMILES string of the molecule is CC(N)CN1CCS(=O)C(C)(C)C1.Cl. The maximum Gasteiger partial charge on any atom is 0.0530 e. The summed E-state index contributed by atoms with van der Waals surface area (Å²) in [6.07, 6.45) is 0. The Bertz CT molecular complexity index is 209. The number of hydrogen-bond acceptors (Lipinski definition) is 3. The van der Waals surface area contributed by atoms with Crippen LogP contribution in [-0.2, 0) is 10.8 Å². The Hall–Kier alpha value is 0.360. The van der Waals surface area contributed by atoms with Crippen molar-refractivity contribution in [3.05, 3.63) is 0 Å². The Morgan fingerprint density at radius 3 is 2.57 bits per heavy atom. The molecule has 2 N–H and O–H groups in total. The Labute approximate surface area is 95.3 Å². The molecular weight excluding hydrogens is 220 g/mol. The maximum absolute atomic E-state index is 11.6. The van der Waals surface area contributed by atoms with E-state index in [1.54, 1.807) is 0 Å². The predicted octanol–water partition coefficient (Wildman–Crippen LogP) is 0.598. The average molecular weight is 241 g/mol. The van der Waals surface area contributed by atoms with E-state index >= 15 is 0 Å². The fourth-order valence-corrected chi connectivity index (χ4v) is 3.04. The van der Waals surface area contributed by atoms with Gasteiger partial charge in [-0.25, -0.2) is 0 Å². The summed E-state index contributed by atoms with van der Waals surface area (Å²) in [5.74, 6) is 0.791. The largest absolute Gasteiger partial charge is 0.327 e. The molecule has 0 aromatic carbocycles. The monoisotopic (exact) mass is 240 g/mol. The summed E-state index contributed by atoms with van der Waals surface area (Å²) in [4.78, 5) is 2.31. The van der Waals surface area contributed by atoms with Crippen molar-refractivity contribution in [2.24, 2.45) is 5.73 Å². The zero-order valence-corrected chi connectivity index (χ0v) is 10.8. The minimum atomic E-state index is -0.669. The smallest absolute Gasteiger partial charge is 0.0530 e. The molecule has 1 saturated heterocycles. The first kappa shape index (κ1) is 14.4. The molecule has 0 spiro atoms. The van der Waals surface area contributed by atoms with Crippen LogP contribution in [0.3, 0.4) is 0 Å². The minimum Gasteiger partial charge on any atom is -0.327 e. The molecule has 1 fully saturated rings. The average Bonchev–Trinajstić information content (AvgIpc) is 1.95. The summed E-state index contributed by atoms with van der Waals surface area (Å²) < 4.78 is 11.5. The van der Waals surface area contributed by atoms with Crippen molar-refractivity contribution in [2.45, 2.75) is 31.6 Å². The minimum absolute atomic E-state index is 0. The number of nitrogens with zero attached hydrogens (tertiary/aromatic N) is 1. The summed E-state index contributed by atoms with van der Waals surface area (Å²) in [7, 11) is -0.669. The van der Waals surface area contributed by atoms with Crippen LogP contribution in [0.2, 0.25) is 0 Å². The van der Waals surface area contributed by atoms with Crippen LogP contribution in [0, 0.1) is 0 Å². The van der Waals surface area contributed by atoms with Crippen LogP contribution >= 0.6 is 12.4 Å². The molecule has 0 amide bonds. The van der Waals surface area contributed by atoms with Crippen molar-refractivity contribution in [2.75, 3.05) is 25.4 Å². The third-order valence-electron chi connectivity index (χ3n) is 2.36. The molecule has 0 aliphatic carbocycles. The van der Waals surface area contributed by atoms with Crippen LogP contribution in [0.1, 0.15) is 20.8 Å². The van der Waals surface area contributed by atoms with Gasteiger partial charge in [-0.05, 0) is 20.8 Å². The van der Waals surface area contributed by atoms with E-state index < -0.39 is 10.8 Å². The van der Waals surface area contributed by atoms with Crippen molar-refractivity contribution in [3.63, 3.8) is 0 Å². The van der Waals surface area contributed by atoms with Gasteiger partial charge in [-0.15, -0.1) is 12.4 Å². The standard InChI is InChI=1S/C9H20N2OS.ClH/c1-8(10)6-11-4-5-13(12)9(2,3)7-11;/h8H,4-7,10H2,1-3H3;1H. The van der Waals surface area contributed by atoms with Crippen molar-refractivity contribution >= 4 is 23.2 Å². The zero-order chi connectivity index (χ0) is 10.1. The molecule has 2 atom stereocenters. The number of rotatable bonds is 2. The molecule has 0 aromatic heterocycles. The third-order valence-corrected chi connectivity index (χ3v) is 4.27. The van der Waals surface area contributed by atoms with Gasteiger partial charge in [-0.1, -0.05) is 0 Å². The first-order valence-corrected chi connectivity index (χ1v) is 6.10. The highest BCUT2D eigenvalue weighted by Crippen LogP contribution is 2.19. The number of halogens is 1. The predicted molar refractivity (Wildman–Crippen MR) is 64.4 cm³/mol. The highest BCUT2D eigenvalue weighted by molar-refractivity contribution is 7.86. The van der Waals surface area contributed by atoms with Crippen molar-refractivity contribution < 1.29 is 4.21 Å². The van der Waals surface area contributed by atoms with E-state index in [1.807, 2.05) is 6.92 Å². The van der Waals surface area contributed by atoms with E-state index in [1.165, 1.54) is 0 Å². The van der Waals surface area contributed by atoms with E-state index in [4.69, 9.17) is 5.73 Å². The fraction of sp³-hybridized carbons (Fsp3) is 1.00. The second-order valence-electron chi connectivity index (χ2n) is 4.52. The van der Waals surface area contributed by atoms with Crippen LogP contribution in [0.4, 0.5) is 0 Å². The number of hydrogen-bond donors (Lipinski definition) is 1. The normalized spacial score (nSPS) is 29.3. The van der Waals surface area contributed by atoms with Crippen LogP contribution in [-0.4, -0.2) is 45.3 Å². The van der Waals surface area contributed by atoms with E-state index in [9.17, 15) is 4.21 Å². The highest BCUT2D eigenvalue weighted by Gasteiger charge is 2.32. The lowest BCUT2D eigenvalue weighted by atomic mass is 10.1. The van der Waals surface area contributed by atoms with Gasteiger partial charge in [0.25, 0.3) is 0 Å². The van der Waals surface area contributed by atoms with Gasteiger partial charge in [0, 0.05) is 42.2 Å². The van der Waals surface area contributed by atoms with Gasteiger partial charge in [-0.2, -0.15) is 0 Å². The Morgan fingerprint density at radius 1 is 1.57 bits per heavy atom. The van der Waals surface area contributed by atoms with Crippen LogP contribution in [0.25, 0.3) is 0 Å². The lowest BCUT2D eigenvalue weighted by Gasteiger charge is -2.37. The zero-order valence-electron chi connectivity index (χ0n) is 9.16. The molecule has 0 bridgehead atoms. The van der Waals surface area contributed by atoms with E-state index in [0.717, 1.165) is 25.4 Å². The van der Waals surface area contributed by atoms with E-state index in [-0.39, 0.29) is 23.2 Å². The van der Waals surface area contributed by atoms with Crippen LogP contribution in [0.15, 0.2) is 0 Å². The van der Waals surface area contributed by atoms with Gasteiger partial charge < -0.3 is 5.73 Å². The van der Waals surface area contributed by atoms with Crippen molar-refractivity contribution in [1.82, 2.24) is 4.90 Å². The maximum atomic E-state index is 11.6. The van der Waals surface area contributed by atoms with Crippen LogP contribution < -0.4 is 5.73 Å². The quantitative estimate of drug-likeness (QED) is 0.769. The molecule has 0 radical (unpaired) electrons. The molecule has 5 heteroatoms. The first-order chi connectivity index (χ1) is 5.92. The lowest BCUT2D eigenvalue weighted by Crippen LogP contribution is -2.52. The topological polar surface area (TPSA) is 46.3 Å². The summed E-state index contributed by atoms with van der Waals surface area (Å²) >= 11 is 0. The summed E-state index contributed by atoms with van der Waals surface area (Å²) in [5.41, 5.74) is 5.73. The molecule has 14 heavy (non-hydrogen) atoms. The summed E-state index contributed by atoms with van der Waals surface area (Å²) in [6.45, 7) is 8.89. The fourth-order valence-electron chi connectivity index (χ4n) is 1.74. The van der Waals surface area contributed by atoms with Gasteiger partial charge in [0.1, 0.15) is 0 Å². The molecule has 1 heterocycles. The highest BCUT2D eigenvalue weighted by atomic mass is 35.5.